The number of aromatic nitrogens is 1. The van der Waals surface area contributed by atoms with Crippen molar-refractivity contribution < 1.29 is 37.1 Å². The molecule has 1 aliphatic rings. The van der Waals surface area contributed by atoms with Gasteiger partial charge in [-0.15, -0.1) is 0 Å². The van der Waals surface area contributed by atoms with Crippen molar-refractivity contribution in [3.05, 3.63) is 94.3 Å². The molecule has 1 atom stereocenters. The number of oxazole rings is 1. The number of anilines is 1. The number of nitriles is 1. The van der Waals surface area contributed by atoms with Crippen molar-refractivity contribution in [2.45, 2.75) is 32.6 Å². The van der Waals surface area contributed by atoms with Crippen LogP contribution in [0.15, 0.2) is 70.5 Å². The molecule has 194 valence electrons. The summed E-state index contributed by atoms with van der Waals surface area (Å²) in [6, 6.07) is 10.4. The van der Waals surface area contributed by atoms with Gasteiger partial charge in [0, 0.05) is 11.3 Å². The molecule has 2 aromatic carbocycles. The number of rotatable bonds is 6. The average Bonchev–Trinajstić information content (AvgIpc) is 3.34. The Morgan fingerprint density at radius 1 is 1.18 bits per heavy atom. The Labute approximate surface area is 214 Å². The molecule has 0 aliphatic carbocycles. The zero-order valence-electron chi connectivity index (χ0n) is 20.0. The van der Waals surface area contributed by atoms with Gasteiger partial charge in [-0.1, -0.05) is 18.2 Å². The molecule has 0 bridgehead atoms. The number of amides is 2. The van der Waals surface area contributed by atoms with Crippen molar-refractivity contribution in [1.82, 2.24) is 9.88 Å². The van der Waals surface area contributed by atoms with E-state index in [1.165, 1.54) is 32.0 Å². The second-order valence-electron chi connectivity index (χ2n) is 8.42. The molecule has 2 heterocycles. The van der Waals surface area contributed by atoms with Gasteiger partial charge in [0.25, 0.3) is 0 Å². The summed E-state index contributed by atoms with van der Waals surface area (Å²) >= 11 is 0. The second-order valence-corrected chi connectivity index (χ2v) is 8.42. The fraction of sp³-hybridized carbons (Fsp3) is 0.192. The Hall–Kier alpha value is -4.92. The minimum absolute atomic E-state index is 0.108. The summed E-state index contributed by atoms with van der Waals surface area (Å²) in [7, 11) is 0. The van der Waals surface area contributed by atoms with E-state index in [1.807, 2.05) is 6.07 Å². The van der Waals surface area contributed by atoms with Crippen molar-refractivity contribution in [1.29, 1.82) is 5.26 Å². The summed E-state index contributed by atoms with van der Waals surface area (Å²) in [6.45, 7) is 2.31. The van der Waals surface area contributed by atoms with E-state index in [9.17, 15) is 32.7 Å². The summed E-state index contributed by atoms with van der Waals surface area (Å²) < 4.78 is 45.5. The van der Waals surface area contributed by atoms with Gasteiger partial charge < -0.3 is 14.4 Å². The normalized spacial score (nSPS) is 16.0. The number of urea groups is 1. The Kier molecular flexibility index (Phi) is 6.78. The number of carbonyl (C=O) groups is 3. The van der Waals surface area contributed by atoms with E-state index < -0.39 is 47.8 Å². The molecule has 0 unspecified atom stereocenters. The largest absolute Gasteiger partial charge is 0.476 e. The van der Waals surface area contributed by atoms with Crippen LogP contribution in [-0.2, 0) is 17.5 Å². The monoisotopic (exact) mass is 524 g/mol. The molecule has 3 aromatic rings. The van der Waals surface area contributed by atoms with Gasteiger partial charge in [0.1, 0.15) is 6.26 Å². The minimum atomic E-state index is -4.67. The summed E-state index contributed by atoms with van der Waals surface area (Å²) in [5.41, 5.74) is -0.523. The number of carbonyl (C=O) groups excluding carboxylic acids is 2. The number of benzene rings is 2. The van der Waals surface area contributed by atoms with Gasteiger partial charge in [-0.2, -0.15) is 18.4 Å². The van der Waals surface area contributed by atoms with E-state index in [4.69, 9.17) is 9.68 Å². The van der Waals surface area contributed by atoms with Gasteiger partial charge in [0.05, 0.1) is 35.5 Å². The maximum atomic E-state index is 13.9. The van der Waals surface area contributed by atoms with Gasteiger partial charge in [-0.05, 0) is 49.7 Å². The van der Waals surface area contributed by atoms with E-state index in [1.54, 1.807) is 12.1 Å². The topological polar surface area (TPSA) is 128 Å². The minimum Gasteiger partial charge on any atom is -0.476 e. The van der Waals surface area contributed by atoms with Crippen molar-refractivity contribution in [3.63, 3.8) is 0 Å². The highest BCUT2D eigenvalue weighted by Crippen LogP contribution is 2.41. The predicted molar refractivity (Wildman–Crippen MR) is 126 cm³/mol. The van der Waals surface area contributed by atoms with E-state index in [2.05, 4.69) is 4.98 Å². The Balaban J connectivity index is 1.91. The van der Waals surface area contributed by atoms with Gasteiger partial charge in [0.2, 0.25) is 5.89 Å². The second kappa shape index (κ2) is 9.85. The number of carboxylic acid groups (broad SMARTS) is 1. The molecular formula is C26H19F3N4O5. The van der Waals surface area contributed by atoms with Gasteiger partial charge in [-0.3, -0.25) is 9.69 Å². The molecule has 2 amide bonds. The van der Waals surface area contributed by atoms with Crippen LogP contribution < -0.4 is 4.90 Å². The van der Waals surface area contributed by atoms with Gasteiger partial charge in [-0.25, -0.2) is 14.6 Å². The quantitative estimate of drug-likeness (QED) is 0.463. The first kappa shape index (κ1) is 26.2. The van der Waals surface area contributed by atoms with Crippen molar-refractivity contribution in [3.8, 4) is 6.07 Å². The van der Waals surface area contributed by atoms with E-state index in [0.29, 0.717) is 11.1 Å². The van der Waals surface area contributed by atoms with Crippen LogP contribution in [0.1, 0.15) is 53.0 Å². The number of ketones is 1. The number of halogens is 3. The molecule has 38 heavy (non-hydrogen) atoms. The van der Waals surface area contributed by atoms with E-state index in [0.717, 1.165) is 34.3 Å². The Morgan fingerprint density at radius 3 is 2.42 bits per heavy atom. The van der Waals surface area contributed by atoms with Crippen LogP contribution in [-0.4, -0.2) is 32.8 Å². The summed E-state index contributed by atoms with van der Waals surface area (Å²) in [5, 5.41) is 18.3. The lowest BCUT2D eigenvalue weighted by molar-refractivity contribution is -0.137. The zero-order valence-corrected chi connectivity index (χ0v) is 20.0. The van der Waals surface area contributed by atoms with Gasteiger partial charge in [0.15, 0.2) is 11.5 Å². The highest BCUT2D eigenvalue weighted by molar-refractivity contribution is 6.04. The molecule has 0 spiro atoms. The number of allylic oxidation sites excluding steroid dienone is 1. The first-order valence-corrected chi connectivity index (χ1v) is 11.1. The fourth-order valence-corrected chi connectivity index (χ4v) is 4.30. The molecule has 12 heteroatoms. The molecule has 0 saturated carbocycles. The van der Waals surface area contributed by atoms with Crippen molar-refractivity contribution in [2.24, 2.45) is 0 Å². The van der Waals surface area contributed by atoms with Crippen LogP contribution in [0.3, 0.4) is 0 Å². The summed E-state index contributed by atoms with van der Waals surface area (Å²) in [5.74, 6) is -1.98. The van der Waals surface area contributed by atoms with E-state index >= 15 is 0 Å². The number of carboxylic acids is 1. The summed E-state index contributed by atoms with van der Waals surface area (Å²) in [6.07, 6.45) is -3.79. The van der Waals surface area contributed by atoms with Crippen molar-refractivity contribution >= 4 is 23.5 Å². The number of nitrogens with zero attached hydrogens (tertiary/aromatic N) is 4. The fourth-order valence-electron chi connectivity index (χ4n) is 4.30. The highest BCUT2D eigenvalue weighted by atomic mass is 19.4. The lowest BCUT2D eigenvalue weighted by Gasteiger charge is -2.42. The van der Waals surface area contributed by atoms with Crippen LogP contribution >= 0.6 is 0 Å². The highest BCUT2D eigenvalue weighted by Gasteiger charge is 2.42. The molecule has 0 saturated heterocycles. The third kappa shape index (κ3) is 4.86. The first-order valence-electron chi connectivity index (χ1n) is 11.1. The number of alkyl halides is 3. The third-order valence-electron chi connectivity index (χ3n) is 5.99. The lowest BCUT2D eigenvalue weighted by atomic mass is 9.90. The first-order chi connectivity index (χ1) is 17.9. The number of Topliss-reactive ketones (excluding diaryl/α,β-unsaturated/α-hetero) is 1. The van der Waals surface area contributed by atoms with Crippen LogP contribution in [0.2, 0.25) is 0 Å². The standard InChI is InChI=1S/C26H19F3N4O5/c1-14-22(15(2)34)23(17-8-6-16(11-30)7-9-17)32(12-21-31-20(13-38-21)24(35)36)25(37)33(14)19-5-3-4-18(10-19)26(27,28)29/h3-10,13,23H,12H2,1-2H3,(H,35,36)/t23-/m1/s1. The molecule has 9 nitrogen and oxygen atoms in total. The number of hydrogen-bond acceptors (Lipinski definition) is 6. The van der Waals surface area contributed by atoms with Crippen molar-refractivity contribution in [2.75, 3.05) is 4.90 Å². The Morgan fingerprint density at radius 2 is 1.87 bits per heavy atom. The number of aromatic carboxylic acids is 1. The molecular weight excluding hydrogens is 505 g/mol. The maximum absolute atomic E-state index is 13.9. The predicted octanol–water partition coefficient (Wildman–Crippen LogP) is 5.31. The van der Waals surface area contributed by atoms with Crippen LogP contribution in [0.4, 0.5) is 23.7 Å². The Bertz CT molecular complexity index is 1500. The lowest BCUT2D eigenvalue weighted by Crippen LogP contribution is -2.50. The zero-order chi connectivity index (χ0) is 27.8. The van der Waals surface area contributed by atoms with E-state index in [-0.39, 0.29) is 22.8 Å². The van der Waals surface area contributed by atoms with Crippen LogP contribution in [0.5, 0.6) is 0 Å². The average molecular weight is 524 g/mol. The molecule has 1 aliphatic heterocycles. The maximum Gasteiger partial charge on any atom is 0.416 e. The SMILES string of the molecule is CC(=O)C1=C(C)N(c2cccc(C(F)(F)F)c2)C(=O)N(Cc2nc(C(=O)O)co2)[C@@H]1c1ccc(C#N)cc1. The van der Waals surface area contributed by atoms with Crippen LogP contribution in [0.25, 0.3) is 0 Å². The molecule has 4 rings (SSSR count). The molecule has 0 fully saturated rings. The molecule has 0 radical (unpaired) electrons. The summed E-state index contributed by atoms with van der Waals surface area (Å²) in [4.78, 5) is 44.1. The van der Waals surface area contributed by atoms with Crippen LogP contribution in [0, 0.1) is 11.3 Å². The molecule has 1 aromatic heterocycles. The van der Waals surface area contributed by atoms with Gasteiger partial charge >= 0.3 is 18.2 Å². The number of hydrogen-bond donors (Lipinski definition) is 1. The smallest absolute Gasteiger partial charge is 0.416 e. The third-order valence-corrected chi connectivity index (χ3v) is 5.99. The molecule has 1 N–H and O–H groups in total.